The fourth-order valence-corrected chi connectivity index (χ4v) is 2.80. The third-order valence-electron chi connectivity index (χ3n) is 4.07. The van der Waals surface area contributed by atoms with Crippen LogP contribution in [0.4, 0.5) is 0 Å². The predicted molar refractivity (Wildman–Crippen MR) is 89.6 cm³/mol. The zero-order valence-electron chi connectivity index (χ0n) is 12.4. The van der Waals surface area contributed by atoms with Crippen molar-refractivity contribution in [3.63, 3.8) is 0 Å². The number of rotatable bonds is 4. The summed E-state index contributed by atoms with van der Waals surface area (Å²) in [4.78, 5) is 12.4. The Kier molecular flexibility index (Phi) is 6.59. The average molecular weight is 346 g/mol. The van der Waals surface area contributed by atoms with Crippen LogP contribution in [0.5, 0.6) is 0 Å². The Morgan fingerprint density at radius 2 is 2.23 bits per heavy atom. The highest BCUT2D eigenvalue weighted by molar-refractivity contribution is 5.86. The number of carbonyl (C=O) groups excluding carboxylic acids is 1. The molecule has 0 bridgehead atoms. The van der Waals surface area contributed by atoms with Gasteiger partial charge in [0.05, 0.1) is 12.1 Å². The van der Waals surface area contributed by atoms with Gasteiger partial charge in [0.2, 0.25) is 5.91 Å². The van der Waals surface area contributed by atoms with Crippen LogP contribution >= 0.6 is 24.8 Å². The number of halogens is 2. The molecular formula is C14H21Cl2N5O. The van der Waals surface area contributed by atoms with Crippen LogP contribution < -0.4 is 10.6 Å². The first-order valence-corrected chi connectivity index (χ1v) is 7.07. The molecule has 2 aromatic heterocycles. The van der Waals surface area contributed by atoms with Crippen LogP contribution in [0, 0.1) is 0 Å². The quantitative estimate of drug-likeness (QED) is 0.884. The summed E-state index contributed by atoms with van der Waals surface area (Å²) >= 11 is 0. The van der Waals surface area contributed by atoms with E-state index in [0.29, 0.717) is 6.54 Å². The third kappa shape index (κ3) is 3.34. The summed E-state index contributed by atoms with van der Waals surface area (Å²) in [6.07, 6.45) is 4.66. The molecule has 8 heteroatoms. The number of nitrogens with one attached hydrogen (secondary N) is 2. The van der Waals surface area contributed by atoms with E-state index in [1.54, 1.807) is 0 Å². The number of nitrogens with zero attached hydrogens (tertiary/aromatic N) is 3. The molecule has 6 nitrogen and oxygen atoms in total. The minimum Gasteiger partial charge on any atom is -0.347 e. The van der Waals surface area contributed by atoms with Crippen molar-refractivity contribution in [3.05, 3.63) is 30.2 Å². The topological polar surface area (TPSA) is 71.3 Å². The predicted octanol–water partition coefficient (Wildman–Crippen LogP) is 1.72. The normalized spacial score (nSPS) is 20.2. The third-order valence-corrected chi connectivity index (χ3v) is 4.07. The van der Waals surface area contributed by atoms with E-state index >= 15 is 0 Å². The van der Waals surface area contributed by atoms with Crippen molar-refractivity contribution in [1.82, 2.24) is 25.2 Å². The fourth-order valence-electron chi connectivity index (χ4n) is 2.80. The van der Waals surface area contributed by atoms with Crippen LogP contribution in [-0.2, 0) is 11.3 Å². The Morgan fingerprint density at radius 3 is 2.91 bits per heavy atom. The molecule has 0 saturated carbocycles. The highest BCUT2D eigenvalue weighted by Crippen LogP contribution is 2.23. The summed E-state index contributed by atoms with van der Waals surface area (Å²) in [5.41, 5.74) is 0.390. The molecule has 3 rings (SSSR count). The van der Waals surface area contributed by atoms with E-state index in [1.807, 2.05) is 35.7 Å². The van der Waals surface area contributed by atoms with Gasteiger partial charge in [-0.25, -0.2) is 0 Å². The smallest absolute Gasteiger partial charge is 0.240 e. The summed E-state index contributed by atoms with van der Waals surface area (Å²) < 4.78 is 1.89. The van der Waals surface area contributed by atoms with E-state index in [0.717, 1.165) is 37.3 Å². The van der Waals surface area contributed by atoms with Gasteiger partial charge in [-0.1, -0.05) is 13.0 Å². The minimum absolute atomic E-state index is 0. The van der Waals surface area contributed by atoms with Crippen LogP contribution in [0.25, 0.3) is 5.65 Å². The van der Waals surface area contributed by atoms with Crippen molar-refractivity contribution in [2.75, 3.05) is 6.54 Å². The Hall–Kier alpha value is -1.37. The molecule has 2 aromatic rings. The van der Waals surface area contributed by atoms with Crippen molar-refractivity contribution >= 4 is 36.4 Å². The molecule has 1 amide bonds. The van der Waals surface area contributed by atoms with Gasteiger partial charge in [-0.15, -0.1) is 35.0 Å². The van der Waals surface area contributed by atoms with E-state index in [4.69, 9.17) is 0 Å². The molecule has 0 spiro atoms. The van der Waals surface area contributed by atoms with E-state index in [1.165, 1.54) is 0 Å². The van der Waals surface area contributed by atoms with E-state index in [2.05, 4.69) is 20.8 Å². The fraction of sp³-hybridized carbons (Fsp3) is 0.500. The van der Waals surface area contributed by atoms with Crippen molar-refractivity contribution in [1.29, 1.82) is 0 Å². The molecule has 1 unspecified atom stereocenters. The second-order valence-electron chi connectivity index (χ2n) is 5.19. The van der Waals surface area contributed by atoms with E-state index < -0.39 is 5.54 Å². The number of carbonyl (C=O) groups is 1. The SMILES string of the molecule is CCC1(C(=O)NCc2nnc3ccccn23)CCCN1.Cl.Cl. The Morgan fingerprint density at radius 1 is 1.41 bits per heavy atom. The first-order chi connectivity index (χ1) is 9.75. The zero-order chi connectivity index (χ0) is 14.0. The van der Waals surface area contributed by atoms with Crippen LogP contribution in [0.3, 0.4) is 0 Å². The first kappa shape index (κ1) is 18.7. The van der Waals surface area contributed by atoms with Gasteiger partial charge in [-0.05, 0) is 37.9 Å². The number of hydrogen-bond acceptors (Lipinski definition) is 4. The average Bonchev–Trinajstić information content (AvgIpc) is 3.12. The van der Waals surface area contributed by atoms with Gasteiger partial charge in [0.15, 0.2) is 11.5 Å². The first-order valence-electron chi connectivity index (χ1n) is 7.07. The Bertz CT molecular complexity index is 624. The lowest BCUT2D eigenvalue weighted by atomic mass is 9.93. The lowest BCUT2D eigenvalue weighted by molar-refractivity contribution is -0.127. The molecule has 1 fully saturated rings. The summed E-state index contributed by atoms with van der Waals surface area (Å²) in [5.74, 6) is 0.809. The highest BCUT2D eigenvalue weighted by atomic mass is 35.5. The van der Waals surface area contributed by atoms with Crippen molar-refractivity contribution in [2.24, 2.45) is 0 Å². The second-order valence-corrected chi connectivity index (χ2v) is 5.19. The standard InChI is InChI=1S/C14H19N5O.2ClH/c1-2-14(7-5-8-16-14)13(20)15-10-12-18-17-11-6-3-4-9-19(11)12;;/h3-4,6,9,16H,2,5,7-8,10H2,1H3,(H,15,20);2*1H. The number of pyridine rings is 1. The van der Waals surface area contributed by atoms with Gasteiger partial charge in [0.1, 0.15) is 0 Å². The second kappa shape index (κ2) is 7.76. The molecule has 122 valence electrons. The molecule has 1 atom stereocenters. The van der Waals surface area contributed by atoms with Gasteiger partial charge in [0, 0.05) is 6.20 Å². The molecule has 0 aromatic carbocycles. The summed E-state index contributed by atoms with van der Waals surface area (Å²) in [7, 11) is 0. The van der Waals surface area contributed by atoms with Crippen molar-refractivity contribution in [3.8, 4) is 0 Å². The molecular weight excluding hydrogens is 325 g/mol. The largest absolute Gasteiger partial charge is 0.347 e. The van der Waals surface area contributed by atoms with Crippen LogP contribution in [0.2, 0.25) is 0 Å². The van der Waals surface area contributed by atoms with Crippen LogP contribution in [0.15, 0.2) is 24.4 Å². The van der Waals surface area contributed by atoms with E-state index in [9.17, 15) is 4.79 Å². The van der Waals surface area contributed by atoms with Gasteiger partial charge >= 0.3 is 0 Å². The maximum Gasteiger partial charge on any atom is 0.240 e. The van der Waals surface area contributed by atoms with E-state index in [-0.39, 0.29) is 30.7 Å². The maximum absolute atomic E-state index is 12.4. The van der Waals surface area contributed by atoms with Crippen molar-refractivity contribution in [2.45, 2.75) is 38.3 Å². The zero-order valence-corrected chi connectivity index (χ0v) is 14.0. The number of hydrogen-bond donors (Lipinski definition) is 2. The molecule has 3 heterocycles. The molecule has 0 radical (unpaired) electrons. The highest BCUT2D eigenvalue weighted by Gasteiger charge is 2.38. The van der Waals surface area contributed by atoms with Crippen LogP contribution in [-0.4, -0.2) is 32.6 Å². The summed E-state index contributed by atoms with van der Waals surface area (Å²) in [6, 6.07) is 5.74. The molecule has 0 aliphatic carbocycles. The molecule has 1 aliphatic heterocycles. The molecule has 2 N–H and O–H groups in total. The molecule has 1 aliphatic rings. The lowest BCUT2D eigenvalue weighted by Crippen LogP contribution is -2.52. The van der Waals surface area contributed by atoms with Gasteiger partial charge in [-0.3, -0.25) is 9.20 Å². The molecule has 22 heavy (non-hydrogen) atoms. The molecule has 1 saturated heterocycles. The van der Waals surface area contributed by atoms with Crippen molar-refractivity contribution < 1.29 is 4.79 Å². The Labute approximate surface area is 141 Å². The van der Waals surface area contributed by atoms with Crippen LogP contribution in [0.1, 0.15) is 32.0 Å². The van der Waals surface area contributed by atoms with Gasteiger partial charge < -0.3 is 10.6 Å². The monoisotopic (exact) mass is 345 g/mol. The Balaban J connectivity index is 0.00000121. The number of amides is 1. The maximum atomic E-state index is 12.4. The summed E-state index contributed by atoms with van der Waals surface area (Å²) in [6.45, 7) is 3.35. The van der Waals surface area contributed by atoms with Gasteiger partial charge in [0.25, 0.3) is 0 Å². The lowest BCUT2D eigenvalue weighted by Gasteiger charge is -2.26. The number of fused-ring (bicyclic) bond motifs is 1. The minimum atomic E-state index is -0.402. The number of aromatic nitrogens is 3. The summed E-state index contributed by atoms with van der Waals surface area (Å²) in [5, 5.41) is 14.5. The van der Waals surface area contributed by atoms with Gasteiger partial charge in [-0.2, -0.15) is 0 Å².